The first kappa shape index (κ1) is 20.6. The summed E-state index contributed by atoms with van der Waals surface area (Å²) in [6.45, 7) is -0.263. The molecule has 8 nitrogen and oxygen atoms in total. The molecule has 0 saturated heterocycles. The number of methoxy groups -OCH3 is 1. The van der Waals surface area contributed by atoms with Crippen LogP contribution in [0.25, 0.3) is 0 Å². The molecule has 0 bridgehead atoms. The van der Waals surface area contributed by atoms with Crippen LogP contribution >= 0.6 is 0 Å². The Morgan fingerprint density at radius 3 is 2.53 bits per heavy atom. The Morgan fingerprint density at radius 1 is 1.00 bits per heavy atom. The molecule has 154 valence electrons. The van der Waals surface area contributed by atoms with Crippen molar-refractivity contribution in [2.24, 2.45) is 0 Å². The molecule has 2 aromatic carbocycles. The third-order valence-corrected chi connectivity index (χ3v) is 4.01. The van der Waals surface area contributed by atoms with Gasteiger partial charge in [-0.25, -0.2) is 4.39 Å². The zero-order chi connectivity index (χ0) is 21.5. The van der Waals surface area contributed by atoms with Crippen LogP contribution in [0.1, 0.15) is 20.7 Å². The van der Waals surface area contributed by atoms with E-state index in [4.69, 9.17) is 9.15 Å². The molecule has 0 unspecified atom stereocenters. The van der Waals surface area contributed by atoms with Gasteiger partial charge in [-0.3, -0.25) is 14.4 Å². The average molecular weight is 411 g/mol. The van der Waals surface area contributed by atoms with Gasteiger partial charge < -0.3 is 25.1 Å². The predicted molar refractivity (Wildman–Crippen MR) is 107 cm³/mol. The van der Waals surface area contributed by atoms with Crippen molar-refractivity contribution in [1.29, 1.82) is 0 Å². The minimum atomic E-state index is -0.538. The predicted octanol–water partition coefficient (Wildman–Crippen LogP) is 3.05. The second kappa shape index (κ2) is 9.37. The monoisotopic (exact) mass is 411 g/mol. The highest BCUT2D eigenvalue weighted by molar-refractivity contribution is 6.05. The van der Waals surface area contributed by atoms with Crippen molar-refractivity contribution in [2.45, 2.75) is 0 Å². The largest absolute Gasteiger partial charge is 0.495 e. The maximum absolute atomic E-state index is 13.4. The van der Waals surface area contributed by atoms with E-state index in [-0.39, 0.29) is 17.8 Å². The Hall–Kier alpha value is -4.14. The molecule has 0 aliphatic heterocycles. The topological polar surface area (TPSA) is 110 Å². The Bertz CT molecular complexity index is 1070. The lowest BCUT2D eigenvalue weighted by atomic mass is 10.2. The smallest absolute Gasteiger partial charge is 0.255 e. The minimum Gasteiger partial charge on any atom is -0.495 e. The van der Waals surface area contributed by atoms with E-state index in [1.165, 1.54) is 50.0 Å². The second-order valence-electron chi connectivity index (χ2n) is 6.12. The number of carbonyl (C=O) groups excluding carboxylic acids is 3. The number of benzene rings is 2. The number of carbonyl (C=O) groups is 3. The third kappa shape index (κ3) is 5.22. The van der Waals surface area contributed by atoms with Crippen LogP contribution < -0.4 is 20.7 Å². The van der Waals surface area contributed by atoms with E-state index < -0.39 is 23.5 Å². The maximum Gasteiger partial charge on any atom is 0.255 e. The fourth-order valence-electron chi connectivity index (χ4n) is 2.57. The fraction of sp³-hybridized carbons (Fsp3) is 0.0952. The van der Waals surface area contributed by atoms with Crippen LogP contribution in [0.2, 0.25) is 0 Å². The molecule has 0 saturated carbocycles. The van der Waals surface area contributed by atoms with Gasteiger partial charge in [0, 0.05) is 11.3 Å². The van der Waals surface area contributed by atoms with E-state index in [1.54, 1.807) is 12.1 Å². The average Bonchev–Trinajstić information content (AvgIpc) is 3.27. The molecule has 9 heteroatoms. The lowest BCUT2D eigenvalue weighted by molar-refractivity contribution is -0.115. The van der Waals surface area contributed by atoms with Crippen molar-refractivity contribution in [3.8, 4) is 5.75 Å². The van der Waals surface area contributed by atoms with Crippen LogP contribution in [0.4, 0.5) is 15.8 Å². The number of rotatable bonds is 7. The molecule has 0 spiro atoms. The summed E-state index contributed by atoms with van der Waals surface area (Å²) < 4.78 is 23.4. The van der Waals surface area contributed by atoms with E-state index >= 15 is 0 Å². The Morgan fingerprint density at radius 2 is 1.83 bits per heavy atom. The minimum absolute atomic E-state index is 0.133. The Labute approximate surface area is 171 Å². The summed E-state index contributed by atoms with van der Waals surface area (Å²) in [6.07, 6.45) is 2.62. The van der Waals surface area contributed by atoms with Crippen molar-refractivity contribution < 1.29 is 27.9 Å². The quantitative estimate of drug-likeness (QED) is 0.554. The van der Waals surface area contributed by atoms with Crippen molar-refractivity contribution in [1.82, 2.24) is 5.32 Å². The lowest BCUT2D eigenvalue weighted by Gasteiger charge is -2.13. The summed E-state index contributed by atoms with van der Waals surface area (Å²) in [5.74, 6) is -1.64. The molecular formula is C21H18FN3O5. The van der Waals surface area contributed by atoms with Gasteiger partial charge in [-0.1, -0.05) is 6.07 Å². The van der Waals surface area contributed by atoms with E-state index in [1.807, 2.05) is 0 Å². The Balaban J connectivity index is 1.65. The number of hydrogen-bond acceptors (Lipinski definition) is 5. The van der Waals surface area contributed by atoms with Crippen molar-refractivity contribution >= 4 is 29.1 Å². The number of nitrogens with one attached hydrogen (secondary N) is 3. The molecule has 1 heterocycles. The first-order chi connectivity index (χ1) is 14.5. The molecule has 0 aliphatic carbocycles. The van der Waals surface area contributed by atoms with Gasteiger partial charge in [0.2, 0.25) is 5.91 Å². The molecule has 3 rings (SSSR count). The van der Waals surface area contributed by atoms with Crippen molar-refractivity contribution in [3.05, 3.63) is 78.0 Å². The highest BCUT2D eigenvalue weighted by atomic mass is 19.1. The first-order valence-electron chi connectivity index (χ1n) is 8.81. The second-order valence-corrected chi connectivity index (χ2v) is 6.12. The number of furan rings is 1. The van der Waals surface area contributed by atoms with Crippen molar-refractivity contribution in [2.75, 3.05) is 24.3 Å². The summed E-state index contributed by atoms with van der Waals surface area (Å²) in [6, 6.07) is 11.3. The van der Waals surface area contributed by atoms with Crippen LogP contribution in [0.15, 0.2) is 65.5 Å². The molecule has 0 aliphatic rings. The van der Waals surface area contributed by atoms with Gasteiger partial charge in [-0.15, -0.1) is 0 Å². The van der Waals surface area contributed by atoms with Gasteiger partial charge in [0.1, 0.15) is 17.8 Å². The zero-order valence-corrected chi connectivity index (χ0v) is 15.9. The zero-order valence-electron chi connectivity index (χ0n) is 15.9. The van der Waals surface area contributed by atoms with Gasteiger partial charge >= 0.3 is 0 Å². The molecule has 30 heavy (non-hydrogen) atoms. The molecule has 3 N–H and O–H groups in total. The number of anilines is 2. The summed E-state index contributed by atoms with van der Waals surface area (Å²) in [5, 5.41) is 7.70. The number of hydrogen-bond donors (Lipinski definition) is 3. The summed E-state index contributed by atoms with van der Waals surface area (Å²) in [5.41, 5.74) is 1.09. The molecule has 0 atom stereocenters. The van der Waals surface area contributed by atoms with Crippen LogP contribution in [0.3, 0.4) is 0 Å². The summed E-state index contributed by atoms with van der Waals surface area (Å²) >= 11 is 0. The molecular weight excluding hydrogens is 393 g/mol. The Kier molecular flexibility index (Phi) is 6.43. The normalized spacial score (nSPS) is 10.2. The van der Waals surface area contributed by atoms with Crippen LogP contribution in [0, 0.1) is 5.82 Å². The van der Waals surface area contributed by atoms with E-state index in [2.05, 4.69) is 16.0 Å². The van der Waals surface area contributed by atoms with Gasteiger partial charge in [0.15, 0.2) is 0 Å². The maximum atomic E-state index is 13.4. The molecule has 3 aromatic rings. The van der Waals surface area contributed by atoms with Crippen molar-refractivity contribution in [3.63, 3.8) is 0 Å². The fourth-order valence-corrected chi connectivity index (χ4v) is 2.57. The van der Waals surface area contributed by atoms with E-state index in [9.17, 15) is 18.8 Å². The lowest BCUT2D eigenvalue weighted by Crippen LogP contribution is -2.32. The van der Waals surface area contributed by atoms with Gasteiger partial charge in [0.25, 0.3) is 11.8 Å². The molecule has 1 aromatic heterocycles. The molecule has 0 fully saturated rings. The highest BCUT2D eigenvalue weighted by Crippen LogP contribution is 2.28. The number of halogens is 1. The SMILES string of the molecule is COc1ccc(NC(=O)CNC(=O)c2ccoc2)cc1NC(=O)c1cccc(F)c1. The number of amides is 3. The third-order valence-electron chi connectivity index (χ3n) is 4.01. The summed E-state index contributed by atoms with van der Waals surface area (Å²) in [7, 11) is 1.43. The standard InChI is InChI=1S/C21H18FN3O5/c1-29-18-6-5-16(24-19(26)11-23-20(27)14-7-8-30-12-14)10-17(18)25-21(28)13-3-2-4-15(22)9-13/h2-10,12H,11H2,1H3,(H,23,27)(H,24,26)(H,25,28). The summed E-state index contributed by atoms with van der Waals surface area (Å²) in [4.78, 5) is 36.3. The van der Waals surface area contributed by atoms with Crippen LogP contribution in [-0.4, -0.2) is 31.4 Å². The van der Waals surface area contributed by atoms with Gasteiger partial charge in [0.05, 0.1) is 31.2 Å². The van der Waals surface area contributed by atoms with E-state index in [0.717, 1.165) is 6.07 Å². The first-order valence-corrected chi connectivity index (χ1v) is 8.81. The molecule has 3 amide bonds. The van der Waals surface area contributed by atoms with Crippen LogP contribution in [0.5, 0.6) is 5.75 Å². The van der Waals surface area contributed by atoms with Gasteiger partial charge in [-0.2, -0.15) is 0 Å². The van der Waals surface area contributed by atoms with Crippen LogP contribution in [-0.2, 0) is 4.79 Å². The number of ether oxygens (including phenoxy) is 1. The highest BCUT2D eigenvalue weighted by Gasteiger charge is 2.13. The van der Waals surface area contributed by atoms with E-state index in [0.29, 0.717) is 17.0 Å². The molecule has 0 radical (unpaired) electrons. The van der Waals surface area contributed by atoms with Gasteiger partial charge in [-0.05, 0) is 42.5 Å².